The SMILES string of the molecule is CC1(C2CC2)CN(CCCn2ccnc2)C(C2CC2)CN1. The maximum atomic E-state index is 4.13. The fraction of sp³-hybridized carbons (Fsp3) is 0.824. The third kappa shape index (κ3) is 3.02. The molecule has 2 saturated carbocycles. The van der Waals surface area contributed by atoms with Gasteiger partial charge in [0.25, 0.3) is 0 Å². The highest BCUT2D eigenvalue weighted by atomic mass is 15.3. The lowest BCUT2D eigenvalue weighted by Gasteiger charge is -2.47. The van der Waals surface area contributed by atoms with Gasteiger partial charge in [0.05, 0.1) is 6.33 Å². The molecule has 2 atom stereocenters. The summed E-state index contributed by atoms with van der Waals surface area (Å²) in [6, 6.07) is 0.791. The Kier molecular flexibility index (Phi) is 3.54. The van der Waals surface area contributed by atoms with E-state index in [2.05, 4.69) is 32.9 Å². The van der Waals surface area contributed by atoms with Gasteiger partial charge in [-0.1, -0.05) is 0 Å². The molecule has 0 amide bonds. The summed E-state index contributed by atoms with van der Waals surface area (Å²) in [5, 5.41) is 3.91. The molecule has 21 heavy (non-hydrogen) atoms. The lowest BCUT2D eigenvalue weighted by Crippen LogP contribution is -2.64. The molecule has 1 N–H and O–H groups in total. The van der Waals surface area contributed by atoms with E-state index in [0.29, 0.717) is 5.54 Å². The lowest BCUT2D eigenvalue weighted by atomic mass is 9.89. The number of aryl methyl sites for hydroxylation is 1. The summed E-state index contributed by atoms with van der Waals surface area (Å²) in [5.41, 5.74) is 0.375. The normalized spacial score (nSPS) is 34.2. The first-order valence-corrected chi connectivity index (χ1v) is 8.69. The molecule has 2 aliphatic carbocycles. The molecule has 3 fully saturated rings. The van der Waals surface area contributed by atoms with Crippen molar-refractivity contribution in [3.63, 3.8) is 0 Å². The second kappa shape index (κ2) is 5.40. The lowest BCUT2D eigenvalue weighted by molar-refractivity contribution is 0.0623. The molecule has 0 spiro atoms. The Bertz CT molecular complexity index is 463. The molecule has 1 saturated heterocycles. The highest BCUT2D eigenvalue weighted by molar-refractivity contribution is 5.06. The second-order valence-corrected chi connectivity index (χ2v) is 7.60. The van der Waals surface area contributed by atoms with Crippen LogP contribution in [0.1, 0.15) is 39.0 Å². The van der Waals surface area contributed by atoms with Crippen LogP contribution in [0.4, 0.5) is 0 Å². The number of imidazole rings is 1. The molecular weight excluding hydrogens is 260 g/mol. The smallest absolute Gasteiger partial charge is 0.0945 e. The van der Waals surface area contributed by atoms with Gasteiger partial charge in [0, 0.05) is 50.2 Å². The van der Waals surface area contributed by atoms with Crippen LogP contribution in [0.15, 0.2) is 18.7 Å². The molecule has 0 radical (unpaired) electrons. The van der Waals surface area contributed by atoms with Crippen LogP contribution >= 0.6 is 0 Å². The molecule has 2 unspecified atom stereocenters. The van der Waals surface area contributed by atoms with Crippen LogP contribution in [0, 0.1) is 11.8 Å². The first-order chi connectivity index (χ1) is 10.2. The average molecular weight is 288 g/mol. The maximum absolute atomic E-state index is 4.13. The van der Waals surface area contributed by atoms with Crippen LogP contribution in [-0.2, 0) is 6.54 Å². The summed E-state index contributed by atoms with van der Waals surface area (Å²) < 4.78 is 2.20. The highest BCUT2D eigenvalue weighted by Gasteiger charge is 2.48. The zero-order valence-electron chi connectivity index (χ0n) is 13.2. The number of aromatic nitrogens is 2. The summed E-state index contributed by atoms with van der Waals surface area (Å²) in [6.07, 6.45) is 12.9. The summed E-state index contributed by atoms with van der Waals surface area (Å²) in [6.45, 7) is 7.26. The van der Waals surface area contributed by atoms with Crippen molar-refractivity contribution in [3.8, 4) is 0 Å². The van der Waals surface area contributed by atoms with E-state index >= 15 is 0 Å². The molecule has 4 rings (SSSR count). The zero-order chi connectivity index (χ0) is 14.3. The number of nitrogens with zero attached hydrogens (tertiary/aromatic N) is 3. The minimum atomic E-state index is 0.375. The van der Waals surface area contributed by atoms with E-state index in [1.54, 1.807) is 0 Å². The number of hydrogen-bond donors (Lipinski definition) is 1. The largest absolute Gasteiger partial charge is 0.337 e. The standard InChI is InChI=1S/C17H28N4/c1-17(15-5-6-15)12-21(16(11-19-17)14-3-4-14)9-2-8-20-10-7-18-13-20/h7,10,13-16,19H,2-6,8-9,11-12H2,1H3. The van der Waals surface area contributed by atoms with Crippen molar-refractivity contribution in [1.29, 1.82) is 0 Å². The highest BCUT2D eigenvalue weighted by Crippen LogP contribution is 2.44. The van der Waals surface area contributed by atoms with Gasteiger partial charge in [-0.3, -0.25) is 4.90 Å². The molecule has 116 valence electrons. The van der Waals surface area contributed by atoms with Crippen molar-refractivity contribution < 1.29 is 0 Å². The van der Waals surface area contributed by atoms with Crippen molar-refractivity contribution >= 4 is 0 Å². The van der Waals surface area contributed by atoms with Gasteiger partial charge in [-0.2, -0.15) is 0 Å². The van der Waals surface area contributed by atoms with Crippen molar-refractivity contribution in [2.24, 2.45) is 11.8 Å². The third-order valence-electron chi connectivity index (χ3n) is 5.78. The van der Waals surface area contributed by atoms with Crippen molar-refractivity contribution in [1.82, 2.24) is 19.8 Å². The minimum Gasteiger partial charge on any atom is -0.337 e. The van der Waals surface area contributed by atoms with Gasteiger partial charge < -0.3 is 9.88 Å². The Balaban J connectivity index is 1.36. The van der Waals surface area contributed by atoms with Gasteiger partial charge >= 0.3 is 0 Å². The van der Waals surface area contributed by atoms with Gasteiger partial charge in [0.1, 0.15) is 0 Å². The van der Waals surface area contributed by atoms with E-state index < -0.39 is 0 Å². The molecule has 2 heterocycles. The maximum Gasteiger partial charge on any atom is 0.0945 e. The Morgan fingerprint density at radius 3 is 2.76 bits per heavy atom. The van der Waals surface area contributed by atoms with Crippen LogP contribution in [0.2, 0.25) is 0 Å². The predicted octanol–water partition coefficient (Wildman–Crippen LogP) is 2.13. The molecule has 1 aromatic rings. The van der Waals surface area contributed by atoms with E-state index in [0.717, 1.165) is 24.4 Å². The van der Waals surface area contributed by atoms with Crippen LogP contribution in [0.3, 0.4) is 0 Å². The van der Waals surface area contributed by atoms with E-state index in [1.165, 1.54) is 51.7 Å². The van der Waals surface area contributed by atoms with Gasteiger partial charge in [0.2, 0.25) is 0 Å². The quantitative estimate of drug-likeness (QED) is 0.870. The first kappa shape index (κ1) is 13.8. The van der Waals surface area contributed by atoms with E-state index in [4.69, 9.17) is 0 Å². The fourth-order valence-electron chi connectivity index (χ4n) is 4.12. The summed E-state index contributed by atoms with van der Waals surface area (Å²) in [5.74, 6) is 1.89. The summed E-state index contributed by atoms with van der Waals surface area (Å²) >= 11 is 0. The Labute approximate surface area is 127 Å². The molecule has 1 aromatic heterocycles. The minimum absolute atomic E-state index is 0.375. The summed E-state index contributed by atoms with van der Waals surface area (Å²) in [7, 11) is 0. The average Bonchev–Trinajstić information content (AvgIpc) is 3.38. The molecule has 1 aliphatic heterocycles. The predicted molar refractivity (Wildman–Crippen MR) is 84.1 cm³/mol. The molecule has 4 heteroatoms. The molecule has 3 aliphatic rings. The van der Waals surface area contributed by atoms with Gasteiger partial charge in [-0.15, -0.1) is 0 Å². The van der Waals surface area contributed by atoms with Crippen molar-refractivity contribution in [2.45, 2.75) is 57.2 Å². The van der Waals surface area contributed by atoms with Crippen LogP contribution in [0.5, 0.6) is 0 Å². The van der Waals surface area contributed by atoms with Crippen LogP contribution < -0.4 is 5.32 Å². The molecular formula is C17H28N4. The number of piperazine rings is 1. The van der Waals surface area contributed by atoms with Crippen molar-refractivity contribution in [2.75, 3.05) is 19.6 Å². The zero-order valence-corrected chi connectivity index (χ0v) is 13.2. The van der Waals surface area contributed by atoms with Gasteiger partial charge in [-0.25, -0.2) is 4.98 Å². The number of hydrogen-bond acceptors (Lipinski definition) is 3. The fourth-order valence-corrected chi connectivity index (χ4v) is 4.12. The Morgan fingerprint density at radius 1 is 1.24 bits per heavy atom. The first-order valence-electron chi connectivity index (χ1n) is 8.69. The van der Waals surface area contributed by atoms with Crippen LogP contribution in [-0.4, -0.2) is 45.7 Å². The molecule has 4 nitrogen and oxygen atoms in total. The second-order valence-electron chi connectivity index (χ2n) is 7.60. The monoisotopic (exact) mass is 288 g/mol. The number of nitrogens with one attached hydrogen (secondary N) is 1. The van der Waals surface area contributed by atoms with Gasteiger partial charge in [0.15, 0.2) is 0 Å². The topological polar surface area (TPSA) is 33.1 Å². The summed E-state index contributed by atoms with van der Waals surface area (Å²) in [4.78, 5) is 6.94. The van der Waals surface area contributed by atoms with E-state index in [1.807, 2.05) is 12.5 Å². The van der Waals surface area contributed by atoms with E-state index in [-0.39, 0.29) is 0 Å². The number of rotatable bonds is 6. The van der Waals surface area contributed by atoms with Crippen molar-refractivity contribution in [3.05, 3.63) is 18.7 Å². The Hall–Kier alpha value is -0.870. The Morgan fingerprint density at radius 2 is 2.10 bits per heavy atom. The van der Waals surface area contributed by atoms with E-state index in [9.17, 15) is 0 Å². The van der Waals surface area contributed by atoms with Crippen LogP contribution in [0.25, 0.3) is 0 Å². The molecule has 0 aromatic carbocycles. The molecule has 0 bridgehead atoms. The van der Waals surface area contributed by atoms with Gasteiger partial charge in [-0.05, 0) is 50.9 Å². The third-order valence-corrected chi connectivity index (χ3v) is 5.78.